The van der Waals surface area contributed by atoms with Gasteiger partial charge in [-0.3, -0.25) is 0 Å². The van der Waals surface area contributed by atoms with Crippen molar-refractivity contribution >= 4 is 9.84 Å². The lowest BCUT2D eigenvalue weighted by Gasteiger charge is -2.20. The molecule has 0 radical (unpaired) electrons. The minimum Gasteiger partial charge on any atom is -0.339 e. The molecule has 0 spiro atoms. The van der Waals surface area contributed by atoms with Gasteiger partial charge in [-0.2, -0.15) is 4.98 Å². The van der Waals surface area contributed by atoms with Crippen molar-refractivity contribution in [3.8, 4) is 0 Å². The van der Waals surface area contributed by atoms with Crippen molar-refractivity contribution in [2.75, 3.05) is 18.1 Å². The lowest BCUT2D eigenvalue weighted by molar-refractivity contribution is 0.354. The van der Waals surface area contributed by atoms with Crippen molar-refractivity contribution in [1.82, 2.24) is 15.5 Å². The Hall–Kier alpha value is -0.950. The summed E-state index contributed by atoms with van der Waals surface area (Å²) in [6.07, 6.45) is 0.715. The second-order valence-electron chi connectivity index (χ2n) is 4.77. The highest BCUT2D eigenvalue weighted by Gasteiger charge is 2.28. The van der Waals surface area contributed by atoms with Gasteiger partial charge in [0.25, 0.3) is 0 Å². The highest BCUT2D eigenvalue weighted by molar-refractivity contribution is 7.91. The first kappa shape index (κ1) is 12.5. The number of nitrogens with zero attached hydrogens (tertiary/aromatic N) is 2. The van der Waals surface area contributed by atoms with Crippen LogP contribution in [0.15, 0.2) is 4.52 Å². The summed E-state index contributed by atoms with van der Waals surface area (Å²) < 4.78 is 28.1. The normalized spacial score (nSPS) is 24.1. The molecule has 1 aliphatic heterocycles. The number of sulfone groups is 1. The number of nitrogens with one attached hydrogen (secondary N) is 1. The van der Waals surface area contributed by atoms with Crippen molar-refractivity contribution in [3.63, 3.8) is 0 Å². The molecule has 0 bridgehead atoms. The lowest BCUT2D eigenvalue weighted by atomic mass is 10.1. The van der Waals surface area contributed by atoms with E-state index >= 15 is 0 Å². The molecule has 1 unspecified atom stereocenters. The van der Waals surface area contributed by atoms with Gasteiger partial charge in [0.15, 0.2) is 15.7 Å². The van der Waals surface area contributed by atoms with Crippen molar-refractivity contribution in [2.45, 2.75) is 26.3 Å². The van der Waals surface area contributed by atoms with Gasteiger partial charge in [-0.05, 0) is 5.92 Å². The highest BCUT2D eigenvalue weighted by atomic mass is 32.2. The molecule has 6 nitrogen and oxygen atoms in total. The van der Waals surface area contributed by atoms with Crippen molar-refractivity contribution in [2.24, 2.45) is 5.92 Å². The van der Waals surface area contributed by atoms with Gasteiger partial charge in [0.05, 0.1) is 17.5 Å². The molecule has 96 valence electrons. The largest absolute Gasteiger partial charge is 0.339 e. The molecule has 0 amide bonds. The number of hydrogen-bond acceptors (Lipinski definition) is 6. The van der Waals surface area contributed by atoms with Crippen LogP contribution in [0, 0.1) is 5.92 Å². The molecule has 17 heavy (non-hydrogen) atoms. The lowest BCUT2D eigenvalue weighted by Crippen LogP contribution is -2.39. The Labute approximate surface area is 101 Å². The molecule has 1 atom stereocenters. The van der Waals surface area contributed by atoms with Crippen LogP contribution < -0.4 is 5.32 Å². The van der Waals surface area contributed by atoms with Crippen molar-refractivity contribution in [3.05, 3.63) is 11.7 Å². The smallest absolute Gasteiger partial charge is 0.226 e. The summed E-state index contributed by atoms with van der Waals surface area (Å²) in [4.78, 5) is 4.23. The Morgan fingerprint density at radius 1 is 1.53 bits per heavy atom. The first-order chi connectivity index (χ1) is 7.96. The van der Waals surface area contributed by atoms with Crippen LogP contribution in [0.3, 0.4) is 0 Å². The van der Waals surface area contributed by atoms with E-state index in [-0.39, 0.29) is 17.5 Å². The second-order valence-corrected chi connectivity index (χ2v) is 6.99. The summed E-state index contributed by atoms with van der Waals surface area (Å²) in [5, 5.41) is 6.94. The van der Waals surface area contributed by atoms with Crippen LogP contribution in [0.4, 0.5) is 0 Å². The zero-order valence-electron chi connectivity index (χ0n) is 10.0. The van der Waals surface area contributed by atoms with Crippen LogP contribution in [0.25, 0.3) is 0 Å². The van der Waals surface area contributed by atoms with Gasteiger partial charge in [-0.25, -0.2) is 8.42 Å². The standard InChI is InChI=1S/C10H17N3O3S/c1-7(2)5-9-12-10(13-16-9)8-6-17(14,15)4-3-11-8/h7-8,11H,3-6H2,1-2H3. The zero-order chi connectivity index (χ0) is 12.5. The summed E-state index contributed by atoms with van der Waals surface area (Å²) in [7, 11) is -2.98. The molecule has 1 fully saturated rings. The van der Waals surface area contributed by atoms with Gasteiger partial charge < -0.3 is 9.84 Å². The maximum atomic E-state index is 11.5. The van der Waals surface area contributed by atoms with Crippen LogP contribution in [0.2, 0.25) is 0 Å². The summed E-state index contributed by atoms with van der Waals surface area (Å²) in [5.74, 6) is 1.68. The highest BCUT2D eigenvalue weighted by Crippen LogP contribution is 2.16. The van der Waals surface area contributed by atoms with Crippen LogP contribution in [-0.2, 0) is 16.3 Å². The Morgan fingerprint density at radius 3 is 2.94 bits per heavy atom. The van der Waals surface area contributed by atoms with Crippen LogP contribution in [0.5, 0.6) is 0 Å². The molecule has 1 aromatic heterocycles. The van der Waals surface area contributed by atoms with E-state index in [1.807, 2.05) is 0 Å². The molecule has 0 aromatic carbocycles. The second kappa shape index (κ2) is 4.73. The minimum atomic E-state index is -2.98. The molecular weight excluding hydrogens is 242 g/mol. The third-order valence-corrected chi connectivity index (χ3v) is 4.27. The van der Waals surface area contributed by atoms with E-state index in [1.165, 1.54) is 0 Å². The molecule has 0 aliphatic carbocycles. The topological polar surface area (TPSA) is 85.1 Å². The fourth-order valence-corrected chi connectivity index (χ4v) is 3.16. The molecule has 2 rings (SSSR count). The molecule has 0 saturated carbocycles. The third kappa shape index (κ3) is 3.26. The van der Waals surface area contributed by atoms with Gasteiger partial charge >= 0.3 is 0 Å². The van der Waals surface area contributed by atoms with Crippen molar-refractivity contribution < 1.29 is 12.9 Å². The van der Waals surface area contributed by atoms with Crippen LogP contribution in [0.1, 0.15) is 31.6 Å². The Bertz CT molecular complexity index is 481. The molecule has 1 N–H and O–H groups in total. The molecule has 1 aromatic rings. The van der Waals surface area contributed by atoms with E-state index in [2.05, 4.69) is 29.3 Å². The zero-order valence-corrected chi connectivity index (χ0v) is 10.8. The first-order valence-corrected chi connectivity index (χ1v) is 7.55. The molecular formula is C10H17N3O3S. The van der Waals surface area contributed by atoms with E-state index in [0.29, 0.717) is 30.6 Å². The Morgan fingerprint density at radius 2 is 2.29 bits per heavy atom. The van der Waals surface area contributed by atoms with Crippen LogP contribution >= 0.6 is 0 Å². The quantitative estimate of drug-likeness (QED) is 0.842. The van der Waals surface area contributed by atoms with Crippen molar-refractivity contribution in [1.29, 1.82) is 0 Å². The molecule has 1 aliphatic rings. The fourth-order valence-electron chi connectivity index (χ4n) is 1.79. The van der Waals surface area contributed by atoms with E-state index in [0.717, 1.165) is 0 Å². The predicted molar refractivity (Wildman–Crippen MR) is 62.2 cm³/mol. The van der Waals surface area contributed by atoms with E-state index in [1.54, 1.807) is 0 Å². The van der Waals surface area contributed by atoms with Gasteiger partial charge in [0.2, 0.25) is 5.89 Å². The molecule has 7 heteroatoms. The average Bonchev–Trinajstić information content (AvgIpc) is 2.63. The van der Waals surface area contributed by atoms with E-state index < -0.39 is 9.84 Å². The van der Waals surface area contributed by atoms with Gasteiger partial charge in [0, 0.05) is 13.0 Å². The summed E-state index contributed by atoms with van der Waals surface area (Å²) >= 11 is 0. The molecule has 1 saturated heterocycles. The number of hydrogen-bond donors (Lipinski definition) is 1. The fraction of sp³-hybridized carbons (Fsp3) is 0.800. The van der Waals surface area contributed by atoms with E-state index in [9.17, 15) is 8.42 Å². The summed E-state index contributed by atoms with van der Waals surface area (Å²) in [6.45, 7) is 4.57. The maximum absolute atomic E-state index is 11.5. The maximum Gasteiger partial charge on any atom is 0.226 e. The average molecular weight is 259 g/mol. The van der Waals surface area contributed by atoms with Crippen LogP contribution in [-0.4, -0.2) is 36.6 Å². The molecule has 2 heterocycles. The van der Waals surface area contributed by atoms with Gasteiger partial charge in [-0.1, -0.05) is 19.0 Å². The van der Waals surface area contributed by atoms with Gasteiger partial charge in [-0.15, -0.1) is 0 Å². The van der Waals surface area contributed by atoms with Gasteiger partial charge in [0.1, 0.15) is 0 Å². The third-order valence-electron chi connectivity index (χ3n) is 2.60. The minimum absolute atomic E-state index is 0.0493. The first-order valence-electron chi connectivity index (χ1n) is 5.72. The number of aromatic nitrogens is 2. The Balaban J connectivity index is 2.09. The number of rotatable bonds is 3. The predicted octanol–water partition coefficient (Wildman–Crippen LogP) is 0.327. The summed E-state index contributed by atoms with van der Waals surface area (Å²) in [5.41, 5.74) is 0. The summed E-state index contributed by atoms with van der Waals surface area (Å²) in [6, 6.07) is -0.335. The van der Waals surface area contributed by atoms with E-state index in [4.69, 9.17) is 4.52 Å². The Kier molecular flexibility index (Phi) is 3.48. The monoisotopic (exact) mass is 259 g/mol. The SMILES string of the molecule is CC(C)Cc1nc(C2CS(=O)(=O)CCN2)no1.